The highest BCUT2D eigenvalue weighted by atomic mass is 16.7. The van der Waals surface area contributed by atoms with Crippen molar-refractivity contribution in [3.63, 3.8) is 0 Å². The summed E-state index contributed by atoms with van der Waals surface area (Å²) in [5.41, 5.74) is 4.24. The molecule has 0 aliphatic carbocycles. The zero-order chi connectivity index (χ0) is 15.3. The summed E-state index contributed by atoms with van der Waals surface area (Å²) in [6.07, 6.45) is 0. The number of rotatable bonds is 2. The van der Waals surface area contributed by atoms with E-state index in [1.54, 1.807) is 12.1 Å². The largest absolute Gasteiger partial charge is 0.508 e. The van der Waals surface area contributed by atoms with Crippen LogP contribution in [-0.2, 0) is 15.0 Å². The van der Waals surface area contributed by atoms with Gasteiger partial charge in [-0.05, 0) is 52.2 Å². The molecule has 1 fully saturated rings. The van der Waals surface area contributed by atoms with Crippen molar-refractivity contribution in [2.24, 2.45) is 5.73 Å². The molecule has 0 amide bonds. The number of hydrogen-bond acceptors (Lipinski definition) is 5. The summed E-state index contributed by atoms with van der Waals surface area (Å²) in [6.45, 7) is 9.27. The maximum atomic E-state index is 9.87. The van der Waals surface area contributed by atoms with Gasteiger partial charge in [0, 0.05) is 5.56 Å². The number of phenolic OH excluding ortho intramolecular Hbond substituents is 1. The minimum absolute atomic E-state index is 0.0120. The van der Waals surface area contributed by atoms with E-state index in [1.807, 2.05) is 27.7 Å². The number of phenols is 1. The lowest BCUT2D eigenvalue weighted by Gasteiger charge is -2.32. The van der Waals surface area contributed by atoms with Gasteiger partial charge in [0.25, 0.3) is 0 Å². The molecule has 0 saturated carbocycles. The van der Waals surface area contributed by atoms with E-state index in [-0.39, 0.29) is 5.75 Å². The average molecular weight is 279 g/mol. The van der Waals surface area contributed by atoms with Crippen molar-refractivity contribution in [2.75, 3.05) is 0 Å². The number of nitrogens with two attached hydrogens (primary N) is 1. The van der Waals surface area contributed by atoms with Gasteiger partial charge in [-0.1, -0.05) is 6.07 Å². The van der Waals surface area contributed by atoms with E-state index in [9.17, 15) is 10.2 Å². The van der Waals surface area contributed by atoms with Crippen molar-refractivity contribution in [3.8, 4) is 5.75 Å². The van der Waals surface area contributed by atoms with Crippen LogP contribution in [0.2, 0.25) is 0 Å². The summed E-state index contributed by atoms with van der Waals surface area (Å²) in [6, 6.07) is 4.66. The van der Waals surface area contributed by atoms with Gasteiger partial charge in [-0.3, -0.25) is 0 Å². The monoisotopic (exact) mass is 279 g/mol. The average Bonchev–Trinajstić information content (AvgIpc) is 2.46. The van der Waals surface area contributed by atoms with Crippen molar-refractivity contribution in [1.82, 2.24) is 0 Å². The lowest BCUT2D eigenvalue weighted by Crippen LogP contribution is -2.41. The van der Waals surface area contributed by atoms with Crippen LogP contribution in [0, 0.1) is 0 Å². The van der Waals surface area contributed by atoms with Gasteiger partial charge in [0.15, 0.2) is 0 Å². The Bertz CT molecular complexity index is 506. The molecule has 2 rings (SSSR count). The molecule has 1 aliphatic heterocycles. The summed E-state index contributed by atoms with van der Waals surface area (Å²) < 4.78 is 11.8. The Morgan fingerprint density at radius 1 is 1.10 bits per heavy atom. The molecular weight excluding hydrogens is 257 g/mol. The first-order valence-electron chi connectivity index (χ1n) is 6.64. The lowest BCUT2D eigenvalue weighted by atomic mass is 9.77. The first-order valence-corrected chi connectivity index (χ1v) is 6.64. The molecule has 110 valence electrons. The Morgan fingerprint density at radius 2 is 1.60 bits per heavy atom. The quantitative estimate of drug-likeness (QED) is 0.551. The normalized spacial score (nSPS) is 23.6. The third-order valence-corrected chi connectivity index (χ3v) is 4.05. The maximum absolute atomic E-state index is 9.87. The van der Waals surface area contributed by atoms with Gasteiger partial charge in [0.1, 0.15) is 11.5 Å². The molecule has 1 aromatic rings. The number of aromatic hydroxyl groups is 1. The minimum Gasteiger partial charge on any atom is -0.508 e. The van der Waals surface area contributed by atoms with Crippen molar-refractivity contribution in [1.29, 1.82) is 0 Å². The number of hydrogen-bond donors (Lipinski definition) is 3. The Hall–Kier alpha value is -1.08. The van der Waals surface area contributed by atoms with Crippen molar-refractivity contribution >= 4 is 12.6 Å². The molecule has 0 radical (unpaired) electrons. The van der Waals surface area contributed by atoms with Crippen LogP contribution in [0.25, 0.3) is 0 Å². The standard InChI is InChI=1S/C14H22BNO4/c1-12(2)13(3,4)20-15(19-12)10-6-9(14(5,16)18)7-11(17)8-10/h6-8,17-18H,16H2,1-5H3. The zero-order valence-electron chi connectivity index (χ0n) is 12.6. The van der Waals surface area contributed by atoms with Crippen LogP contribution in [0.3, 0.4) is 0 Å². The fourth-order valence-electron chi connectivity index (χ4n) is 2.04. The molecule has 0 aromatic heterocycles. The summed E-state index contributed by atoms with van der Waals surface area (Å²) >= 11 is 0. The molecule has 1 heterocycles. The van der Waals surface area contributed by atoms with Crippen molar-refractivity contribution in [3.05, 3.63) is 23.8 Å². The summed E-state index contributed by atoms with van der Waals surface area (Å²) in [5.74, 6) is 0.0120. The summed E-state index contributed by atoms with van der Waals surface area (Å²) in [7, 11) is -0.604. The van der Waals surface area contributed by atoms with Crippen LogP contribution in [0.15, 0.2) is 18.2 Å². The molecule has 1 atom stereocenters. The number of aliphatic hydroxyl groups is 1. The van der Waals surface area contributed by atoms with Gasteiger partial charge in [-0.25, -0.2) is 0 Å². The molecule has 0 bridgehead atoms. The predicted octanol–water partition coefficient (Wildman–Crippen LogP) is 0.815. The van der Waals surface area contributed by atoms with Gasteiger partial charge in [0.05, 0.1) is 11.2 Å². The highest BCUT2D eigenvalue weighted by Crippen LogP contribution is 2.36. The molecule has 5 nitrogen and oxygen atoms in total. The molecule has 4 N–H and O–H groups in total. The minimum atomic E-state index is -1.53. The van der Waals surface area contributed by atoms with Crippen molar-refractivity contribution in [2.45, 2.75) is 51.5 Å². The van der Waals surface area contributed by atoms with E-state index in [0.717, 1.165) is 0 Å². The molecule has 1 unspecified atom stereocenters. The highest BCUT2D eigenvalue weighted by molar-refractivity contribution is 6.62. The molecule has 1 saturated heterocycles. The third kappa shape index (κ3) is 2.69. The fourth-order valence-corrected chi connectivity index (χ4v) is 2.04. The topological polar surface area (TPSA) is 84.9 Å². The Morgan fingerprint density at radius 3 is 2.05 bits per heavy atom. The van der Waals surface area contributed by atoms with E-state index in [4.69, 9.17) is 15.0 Å². The Labute approximate surface area is 119 Å². The number of benzene rings is 1. The van der Waals surface area contributed by atoms with Crippen LogP contribution in [0.1, 0.15) is 40.2 Å². The molecule has 0 spiro atoms. The van der Waals surface area contributed by atoms with Crippen LogP contribution >= 0.6 is 0 Å². The predicted molar refractivity (Wildman–Crippen MR) is 77.6 cm³/mol. The highest BCUT2D eigenvalue weighted by Gasteiger charge is 2.51. The molecule has 20 heavy (non-hydrogen) atoms. The lowest BCUT2D eigenvalue weighted by molar-refractivity contribution is 0.00578. The summed E-state index contributed by atoms with van der Waals surface area (Å²) in [4.78, 5) is 0. The first-order chi connectivity index (χ1) is 8.92. The van der Waals surface area contributed by atoms with E-state index >= 15 is 0 Å². The van der Waals surface area contributed by atoms with Crippen LogP contribution in [-0.4, -0.2) is 28.5 Å². The van der Waals surface area contributed by atoms with E-state index in [2.05, 4.69) is 0 Å². The molecular formula is C14H22BNO4. The molecule has 1 aliphatic rings. The smallest absolute Gasteiger partial charge is 0.494 e. The molecule has 6 heteroatoms. The second kappa shape index (κ2) is 4.46. The van der Waals surface area contributed by atoms with E-state index in [0.29, 0.717) is 11.0 Å². The molecule has 1 aromatic carbocycles. The Kier molecular flexibility index (Phi) is 3.42. The van der Waals surface area contributed by atoms with Gasteiger partial charge >= 0.3 is 7.12 Å². The third-order valence-electron chi connectivity index (χ3n) is 4.05. The van der Waals surface area contributed by atoms with Crippen molar-refractivity contribution < 1.29 is 19.5 Å². The summed E-state index contributed by atoms with van der Waals surface area (Å²) in [5, 5.41) is 19.7. The van der Waals surface area contributed by atoms with Gasteiger partial charge < -0.3 is 25.3 Å². The zero-order valence-corrected chi connectivity index (χ0v) is 12.6. The first kappa shape index (κ1) is 15.3. The van der Waals surface area contributed by atoms with E-state index < -0.39 is 24.0 Å². The SMILES string of the molecule is CC(N)(O)c1cc(O)cc(B2OC(C)(C)C(C)(C)O2)c1. The second-order valence-electron chi connectivity index (χ2n) is 6.55. The van der Waals surface area contributed by atoms with Crippen LogP contribution in [0.5, 0.6) is 5.75 Å². The van der Waals surface area contributed by atoms with E-state index in [1.165, 1.54) is 13.0 Å². The van der Waals surface area contributed by atoms with Gasteiger partial charge in [-0.15, -0.1) is 0 Å². The maximum Gasteiger partial charge on any atom is 0.494 e. The fraction of sp³-hybridized carbons (Fsp3) is 0.571. The van der Waals surface area contributed by atoms with Gasteiger partial charge in [-0.2, -0.15) is 0 Å². The Balaban J connectivity index is 2.38. The van der Waals surface area contributed by atoms with Crippen LogP contribution < -0.4 is 11.2 Å². The van der Waals surface area contributed by atoms with Crippen LogP contribution in [0.4, 0.5) is 0 Å². The van der Waals surface area contributed by atoms with Gasteiger partial charge in [0.2, 0.25) is 0 Å². The second-order valence-corrected chi connectivity index (χ2v) is 6.55.